The number of nitrogens with one attached hydrogen (secondary N) is 1. The Morgan fingerprint density at radius 2 is 1.84 bits per heavy atom. The number of nitriles is 1. The Balaban J connectivity index is 1.50. The van der Waals surface area contributed by atoms with Crippen molar-refractivity contribution in [2.75, 3.05) is 18.4 Å². The lowest BCUT2D eigenvalue weighted by atomic mass is 9.95. The zero-order valence-corrected chi connectivity index (χ0v) is 18.4. The van der Waals surface area contributed by atoms with E-state index >= 15 is 0 Å². The van der Waals surface area contributed by atoms with E-state index in [1.54, 1.807) is 12.1 Å². The second-order valence-electron chi connectivity index (χ2n) is 7.75. The number of thiazole rings is 1. The molecule has 0 bridgehead atoms. The van der Waals surface area contributed by atoms with Crippen LogP contribution in [0.25, 0.3) is 11.1 Å². The molecule has 2 heterocycles. The lowest BCUT2D eigenvalue weighted by Crippen LogP contribution is -2.44. The number of rotatable bonds is 5. The third kappa shape index (κ3) is 5.00. The van der Waals surface area contributed by atoms with E-state index in [0.717, 1.165) is 36.5 Å². The summed E-state index contributed by atoms with van der Waals surface area (Å²) in [6, 6.07) is 16.8. The van der Waals surface area contributed by atoms with Crippen LogP contribution in [0.4, 0.5) is 5.13 Å². The van der Waals surface area contributed by atoms with Crippen molar-refractivity contribution >= 4 is 22.4 Å². The number of benzene rings is 2. The van der Waals surface area contributed by atoms with Crippen molar-refractivity contribution in [3.63, 3.8) is 0 Å². The summed E-state index contributed by atoms with van der Waals surface area (Å²) in [6.45, 7) is 6.63. The molecule has 6 nitrogen and oxygen atoms in total. The summed E-state index contributed by atoms with van der Waals surface area (Å²) in [5.74, 6) is -0.238. The maximum atomic E-state index is 13.0. The van der Waals surface area contributed by atoms with Crippen LogP contribution in [0.15, 0.2) is 53.9 Å². The molecule has 4 rings (SSSR count). The molecule has 2 unspecified atom stereocenters. The van der Waals surface area contributed by atoms with Crippen molar-refractivity contribution in [3.8, 4) is 17.2 Å². The average molecular weight is 433 g/mol. The first-order valence-electron chi connectivity index (χ1n) is 10.3. The minimum absolute atomic E-state index is 0.203. The lowest BCUT2D eigenvalue weighted by Gasteiger charge is -2.34. The summed E-state index contributed by atoms with van der Waals surface area (Å²) in [5.41, 5.74) is 3.45. The number of morpholine rings is 1. The van der Waals surface area contributed by atoms with Crippen molar-refractivity contribution < 1.29 is 9.53 Å². The summed E-state index contributed by atoms with van der Waals surface area (Å²) in [7, 11) is 0. The Labute approximate surface area is 186 Å². The smallest absolute Gasteiger partial charge is 0.258 e. The standard InChI is InChI=1S/C24H24N4O2S/c1-16-12-28(13-17(2)30-16)14-19-15-31-24(26-19)27-23(29)22-10-6-5-9-21(22)20-8-4-3-7-18(20)11-25/h3-10,15-17H,12-14H2,1-2H3,(H,26,27,29). The summed E-state index contributed by atoms with van der Waals surface area (Å²) in [4.78, 5) is 20.0. The quantitative estimate of drug-likeness (QED) is 0.640. The largest absolute Gasteiger partial charge is 0.373 e. The van der Waals surface area contributed by atoms with E-state index in [0.29, 0.717) is 16.3 Å². The molecule has 1 aliphatic rings. The number of hydrogen-bond donors (Lipinski definition) is 1. The number of aromatic nitrogens is 1. The molecule has 0 radical (unpaired) electrons. The van der Waals surface area contributed by atoms with Crippen LogP contribution in [-0.4, -0.2) is 41.1 Å². The van der Waals surface area contributed by atoms with Gasteiger partial charge in [-0.25, -0.2) is 4.98 Å². The molecule has 1 saturated heterocycles. The molecule has 0 saturated carbocycles. The summed E-state index contributed by atoms with van der Waals surface area (Å²) in [5, 5.41) is 14.9. The molecule has 0 spiro atoms. The summed E-state index contributed by atoms with van der Waals surface area (Å²) >= 11 is 1.42. The number of nitrogens with zero attached hydrogens (tertiary/aromatic N) is 3. The van der Waals surface area contributed by atoms with Crippen molar-refractivity contribution in [2.24, 2.45) is 0 Å². The predicted molar refractivity (Wildman–Crippen MR) is 122 cm³/mol. The monoisotopic (exact) mass is 432 g/mol. The van der Waals surface area contributed by atoms with Crippen LogP contribution in [0.3, 0.4) is 0 Å². The van der Waals surface area contributed by atoms with Crippen molar-refractivity contribution in [3.05, 3.63) is 70.7 Å². The average Bonchev–Trinajstić information content (AvgIpc) is 3.19. The van der Waals surface area contributed by atoms with Crippen LogP contribution in [0.1, 0.15) is 35.5 Å². The summed E-state index contributed by atoms with van der Waals surface area (Å²) < 4.78 is 5.79. The van der Waals surface area contributed by atoms with Crippen LogP contribution in [0.5, 0.6) is 0 Å². The fraction of sp³-hybridized carbons (Fsp3) is 0.292. The van der Waals surface area contributed by atoms with Crippen LogP contribution in [-0.2, 0) is 11.3 Å². The molecular formula is C24H24N4O2S. The van der Waals surface area contributed by atoms with Crippen molar-refractivity contribution in [1.29, 1.82) is 5.26 Å². The molecule has 1 aromatic heterocycles. The second kappa shape index (κ2) is 9.40. The fourth-order valence-electron chi connectivity index (χ4n) is 3.98. The molecule has 1 aliphatic heterocycles. The molecular weight excluding hydrogens is 408 g/mol. The SMILES string of the molecule is CC1CN(Cc2csc(NC(=O)c3ccccc3-c3ccccc3C#N)n2)CC(C)O1. The molecule has 1 amide bonds. The molecule has 3 aromatic rings. The molecule has 1 N–H and O–H groups in total. The van der Waals surface area contributed by atoms with Gasteiger partial charge in [0.25, 0.3) is 5.91 Å². The molecule has 7 heteroatoms. The van der Waals surface area contributed by atoms with Gasteiger partial charge in [0.1, 0.15) is 0 Å². The minimum Gasteiger partial charge on any atom is -0.373 e. The number of anilines is 1. The van der Waals surface area contributed by atoms with Gasteiger partial charge in [-0.3, -0.25) is 15.0 Å². The van der Waals surface area contributed by atoms with Gasteiger partial charge in [0.2, 0.25) is 0 Å². The number of carbonyl (C=O) groups is 1. The van der Waals surface area contributed by atoms with E-state index in [1.165, 1.54) is 11.3 Å². The van der Waals surface area contributed by atoms with Gasteiger partial charge in [0, 0.05) is 36.1 Å². The van der Waals surface area contributed by atoms with Crippen molar-refractivity contribution in [1.82, 2.24) is 9.88 Å². The zero-order valence-electron chi connectivity index (χ0n) is 17.5. The Kier molecular flexibility index (Phi) is 6.42. The van der Waals surface area contributed by atoms with E-state index < -0.39 is 0 Å². The fourth-order valence-corrected chi connectivity index (χ4v) is 4.67. The highest BCUT2D eigenvalue weighted by molar-refractivity contribution is 7.14. The number of carbonyl (C=O) groups excluding carboxylic acids is 1. The first-order valence-corrected chi connectivity index (χ1v) is 11.1. The van der Waals surface area contributed by atoms with Gasteiger partial charge < -0.3 is 4.74 Å². The number of ether oxygens (including phenoxy) is 1. The van der Waals surface area contributed by atoms with E-state index in [4.69, 9.17) is 4.74 Å². The van der Waals surface area contributed by atoms with Crippen LogP contribution < -0.4 is 5.32 Å². The molecule has 2 atom stereocenters. The number of amides is 1. The lowest BCUT2D eigenvalue weighted by molar-refractivity contribution is -0.0707. The topological polar surface area (TPSA) is 78.3 Å². The third-order valence-corrected chi connectivity index (χ3v) is 5.97. The van der Waals surface area contributed by atoms with E-state index in [-0.39, 0.29) is 18.1 Å². The molecule has 2 aromatic carbocycles. The van der Waals surface area contributed by atoms with E-state index in [2.05, 4.69) is 35.1 Å². The van der Waals surface area contributed by atoms with Gasteiger partial charge in [-0.15, -0.1) is 11.3 Å². The van der Waals surface area contributed by atoms with Crippen LogP contribution in [0, 0.1) is 11.3 Å². The molecule has 158 valence electrons. The Morgan fingerprint density at radius 1 is 1.16 bits per heavy atom. The maximum absolute atomic E-state index is 13.0. The highest BCUT2D eigenvalue weighted by Gasteiger charge is 2.23. The Bertz CT molecular complexity index is 1110. The first kappa shape index (κ1) is 21.2. The predicted octanol–water partition coefficient (Wildman–Crippen LogP) is 4.54. The van der Waals surface area contributed by atoms with E-state index in [1.807, 2.05) is 41.8 Å². The first-order chi connectivity index (χ1) is 15.0. The van der Waals surface area contributed by atoms with Crippen LogP contribution >= 0.6 is 11.3 Å². The third-order valence-electron chi connectivity index (χ3n) is 5.16. The minimum atomic E-state index is -0.238. The van der Waals surface area contributed by atoms with Gasteiger partial charge in [-0.2, -0.15) is 5.26 Å². The zero-order chi connectivity index (χ0) is 21.8. The second-order valence-corrected chi connectivity index (χ2v) is 8.61. The normalized spacial score (nSPS) is 19.0. The Hall–Kier alpha value is -3.05. The number of hydrogen-bond acceptors (Lipinski definition) is 6. The van der Waals surface area contributed by atoms with Gasteiger partial charge in [0.05, 0.1) is 29.5 Å². The molecule has 31 heavy (non-hydrogen) atoms. The van der Waals surface area contributed by atoms with Gasteiger partial charge in [0.15, 0.2) is 5.13 Å². The Morgan fingerprint density at radius 3 is 2.58 bits per heavy atom. The van der Waals surface area contributed by atoms with Gasteiger partial charge in [-0.05, 0) is 31.5 Å². The highest BCUT2D eigenvalue weighted by Crippen LogP contribution is 2.28. The molecule has 0 aliphatic carbocycles. The van der Waals surface area contributed by atoms with Crippen LogP contribution in [0.2, 0.25) is 0 Å². The maximum Gasteiger partial charge on any atom is 0.258 e. The summed E-state index contributed by atoms with van der Waals surface area (Å²) in [6.07, 6.45) is 0.406. The van der Waals surface area contributed by atoms with Gasteiger partial charge in [-0.1, -0.05) is 36.4 Å². The van der Waals surface area contributed by atoms with Gasteiger partial charge >= 0.3 is 0 Å². The van der Waals surface area contributed by atoms with Crippen molar-refractivity contribution in [2.45, 2.75) is 32.6 Å². The van der Waals surface area contributed by atoms with E-state index in [9.17, 15) is 10.1 Å². The molecule has 1 fully saturated rings. The highest BCUT2D eigenvalue weighted by atomic mass is 32.1.